The lowest BCUT2D eigenvalue weighted by Crippen LogP contribution is -2.26. The summed E-state index contributed by atoms with van der Waals surface area (Å²) in [5, 5.41) is 2.98. The van der Waals surface area contributed by atoms with Gasteiger partial charge in [0.25, 0.3) is 0 Å². The minimum atomic E-state index is 0.0934. The molecule has 1 fully saturated rings. The molecule has 1 aliphatic rings. The van der Waals surface area contributed by atoms with Crippen LogP contribution in [0.3, 0.4) is 0 Å². The summed E-state index contributed by atoms with van der Waals surface area (Å²) in [6.07, 6.45) is 2.67. The molecule has 0 bridgehead atoms. The van der Waals surface area contributed by atoms with Crippen LogP contribution in [0.4, 0.5) is 5.95 Å². The van der Waals surface area contributed by atoms with Crippen LogP contribution in [0, 0.1) is 6.92 Å². The first-order valence-corrected chi connectivity index (χ1v) is 6.65. The summed E-state index contributed by atoms with van der Waals surface area (Å²) in [7, 11) is 0. The lowest BCUT2D eigenvalue weighted by atomic mass is 10.2. The molecule has 2 aromatic rings. The van der Waals surface area contributed by atoms with Crippen LogP contribution in [-0.4, -0.2) is 21.5 Å². The SMILES string of the molecule is Cc1ccc2c(c1)nc(N)n2CCC(=O)NC1CC1. The van der Waals surface area contributed by atoms with E-state index in [1.165, 1.54) is 0 Å². The molecule has 0 saturated heterocycles. The monoisotopic (exact) mass is 258 g/mol. The molecule has 0 atom stereocenters. The molecule has 1 saturated carbocycles. The first kappa shape index (κ1) is 12.0. The molecule has 3 rings (SSSR count). The van der Waals surface area contributed by atoms with E-state index in [2.05, 4.69) is 10.3 Å². The Morgan fingerprint density at radius 2 is 2.32 bits per heavy atom. The van der Waals surface area contributed by atoms with E-state index in [4.69, 9.17) is 5.73 Å². The van der Waals surface area contributed by atoms with E-state index in [9.17, 15) is 4.79 Å². The molecular formula is C14H18N4O. The first-order valence-electron chi connectivity index (χ1n) is 6.65. The van der Waals surface area contributed by atoms with Crippen LogP contribution >= 0.6 is 0 Å². The summed E-state index contributed by atoms with van der Waals surface area (Å²) < 4.78 is 1.90. The van der Waals surface area contributed by atoms with Crippen molar-refractivity contribution in [2.75, 3.05) is 5.73 Å². The summed E-state index contributed by atoms with van der Waals surface area (Å²) in [4.78, 5) is 16.0. The van der Waals surface area contributed by atoms with E-state index in [-0.39, 0.29) is 5.91 Å². The number of imidazole rings is 1. The zero-order valence-corrected chi connectivity index (χ0v) is 11.0. The number of nitrogens with one attached hydrogen (secondary N) is 1. The number of aromatic nitrogens is 2. The topological polar surface area (TPSA) is 72.9 Å². The van der Waals surface area contributed by atoms with Gasteiger partial charge in [0.05, 0.1) is 11.0 Å². The van der Waals surface area contributed by atoms with Gasteiger partial charge in [0, 0.05) is 19.0 Å². The Hall–Kier alpha value is -2.04. The van der Waals surface area contributed by atoms with Gasteiger partial charge >= 0.3 is 0 Å². The first-order chi connectivity index (χ1) is 9.13. The number of carbonyl (C=O) groups excluding carboxylic acids is 1. The molecule has 1 aliphatic carbocycles. The van der Waals surface area contributed by atoms with Gasteiger partial charge in [-0.25, -0.2) is 4.98 Å². The van der Waals surface area contributed by atoms with Crippen molar-refractivity contribution >= 4 is 22.9 Å². The summed E-state index contributed by atoms with van der Waals surface area (Å²) >= 11 is 0. The van der Waals surface area contributed by atoms with Crippen molar-refractivity contribution in [1.82, 2.24) is 14.9 Å². The average Bonchev–Trinajstić information content (AvgIpc) is 3.10. The number of rotatable bonds is 4. The third kappa shape index (κ3) is 2.54. The Kier molecular flexibility index (Phi) is 2.89. The normalized spacial score (nSPS) is 14.8. The standard InChI is InChI=1S/C14H18N4O/c1-9-2-5-12-11(8-9)17-14(15)18(12)7-6-13(19)16-10-3-4-10/h2,5,8,10H,3-4,6-7H2,1H3,(H2,15,17)(H,16,19). The number of carbonyl (C=O) groups is 1. The van der Waals surface area contributed by atoms with Crippen LogP contribution in [0.5, 0.6) is 0 Å². The Labute approximate surface area is 111 Å². The maximum absolute atomic E-state index is 11.7. The Bertz CT molecular complexity index is 628. The highest BCUT2D eigenvalue weighted by molar-refractivity contribution is 5.80. The molecule has 0 aliphatic heterocycles. The molecule has 1 heterocycles. The second-order valence-electron chi connectivity index (χ2n) is 5.21. The van der Waals surface area contributed by atoms with Gasteiger partial charge in [-0.1, -0.05) is 6.07 Å². The lowest BCUT2D eigenvalue weighted by Gasteiger charge is -2.07. The fraction of sp³-hybridized carbons (Fsp3) is 0.429. The van der Waals surface area contributed by atoms with Gasteiger partial charge in [0.1, 0.15) is 0 Å². The number of benzene rings is 1. The highest BCUT2D eigenvalue weighted by Crippen LogP contribution is 2.20. The molecule has 5 heteroatoms. The van der Waals surface area contributed by atoms with Crippen molar-refractivity contribution < 1.29 is 4.79 Å². The van der Waals surface area contributed by atoms with Crippen molar-refractivity contribution in [3.8, 4) is 0 Å². The number of nitrogens with two attached hydrogens (primary N) is 1. The van der Waals surface area contributed by atoms with Crippen LogP contribution in [0.15, 0.2) is 18.2 Å². The number of hydrogen-bond acceptors (Lipinski definition) is 3. The third-order valence-electron chi connectivity index (χ3n) is 3.44. The van der Waals surface area contributed by atoms with Crippen molar-refractivity contribution in [1.29, 1.82) is 0 Å². The maximum Gasteiger partial charge on any atom is 0.222 e. The number of nitrogen functional groups attached to an aromatic ring is 1. The molecule has 5 nitrogen and oxygen atoms in total. The zero-order chi connectivity index (χ0) is 13.4. The number of hydrogen-bond donors (Lipinski definition) is 2. The van der Waals surface area contributed by atoms with E-state index in [0.717, 1.165) is 29.4 Å². The van der Waals surface area contributed by atoms with Gasteiger partial charge in [0.2, 0.25) is 11.9 Å². The number of anilines is 1. The van der Waals surface area contributed by atoms with Crippen LogP contribution in [0.25, 0.3) is 11.0 Å². The molecule has 1 aromatic heterocycles. The Balaban J connectivity index is 1.76. The summed E-state index contributed by atoms with van der Waals surface area (Å²) in [6.45, 7) is 2.60. The van der Waals surface area contributed by atoms with Crippen molar-refractivity contribution in [2.24, 2.45) is 0 Å². The molecule has 1 aromatic carbocycles. The molecule has 0 radical (unpaired) electrons. The van der Waals surface area contributed by atoms with Crippen LogP contribution in [0.1, 0.15) is 24.8 Å². The van der Waals surface area contributed by atoms with Gasteiger partial charge < -0.3 is 15.6 Å². The summed E-state index contributed by atoms with van der Waals surface area (Å²) in [5.74, 6) is 0.565. The van der Waals surface area contributed by atoms with Gasteiger partial charge in [0.15, 0.2) is 0 Å². The molecule has 3 N–H and O–H groups in total. The summed E-state index contributed by atoms with van der Waals surface area (Å²) in [5.41, 5.74) is 8.96. The Morgan fingerprint density at radius 1 is 1.53 bits per heavy atom. The molecule has 19 heavy (non-hydrogen) atoms. The maximum atomic E-state index is 11.7. The lowest BCUT2D eigenvalue weighted by molar-refractivity contribution is -0.121. The van der Waals surface area contributed by atoms with Crippen LogP contribution in [0.2, 0.25) is 0 Å². The van der Waals surface area contributed by atoms with E-state index >= 15 is 0 Å². The van der Waals surface area contributed by atoms with Gasteiger partial charge in [-0.05, 0) is 37.5 Å². The molecule has 0 unspecified atom stereocenters. The van der Waals surface area contributed by atoms with Crippen molar-refractivity contribution in [2.45, 2.75) is 38.8 Å². The summed E-state index contributed by atoms with van der Waals surface area (Å²) in [6, 6.07) is 6.45. The largest absolute Gasteiger partial charge is 0.369 e. The highest BCUT2D eigenvalue weighted by Gasteiger charge is 2.23. The minimum absolute atomic E-state index is 0.0934. The minimum Gasteiger partial charge on any atom is -0.369 e. The number of aryl methyl sites for hydroxylation is 2. The van der Waals surface area contributed by atoms with Gasteiger partial charge in [-0.3, -0.25) is 4.79 Å². The third-order valence-corrected chi connectivity index (χ3v) is 3.44. The van der Waals surface area contributed by atoms with Gasteiger partial charge in [-0.2, -0.15) is 0 Å². The van der Waals surface area contributed by atoms with Gasteiger partial charge in [-0.15, -0.1) is 0 Å². The van der Waals surface area contributed by atoms with E-state index in [1.54, 1.807) is 0 Å². The number of fused-ring (bicyclic) bond motifs is 1. The fourth-order valence-electron chi connectivity index (χ4n) is 2.23. The second kappa shape index (κ2) is 4.57. The number of amides is 1. The Morgan fingerprint density at radius 3 is 3.05 bits per heavy atom. The van der Waals surface area contributed by atoms with Crippen molar-refractivity contribution in [3.05, 3.63) is 23.8 Å². The van der Waals surface area contributed by atoms with Crippen molar-refractivity contribution in [3.63, 3.8) is 0 Å². The van der Waals surface area contributed by atoms with E-state index in [0.29, 0.717) is 25.0 Å². The quantitative estimate of drug-likeness (QED) is 0.874. The van der Waals surface area contributed by atoms with E-state index in [1.807, 2.05) is 29.7 Å². The zero-order valence-electron chi connectivity index (χ0n) is 11.0. The predicted octanol–water partition coefficient (Wildman–Crippen LogP) is 1.60. The smallest absolute Gasteiger partial charge is 0.222 e. The van der Waals surface area contributed by atoms with Crippen LogP contribution < -0.4 is 11.1 Å². The molecular weight excluding hydrogens is 240 g/mol. The van der Waals surface area contributed by atoms with Crippen LogP contribution in [-0.2, 0) is 11.3 Å². The molecule has 0 spiro atoms. The second-order valence-corrected chi connectivity index (χ2v) is 5.21. The molecule has 1 amide bonds. The predicted molar refractivity (Wildman–Crippen MR) is 74.7 cm³/mol. The highest BCUT2D eigenvalue weighted by atomic mass is 16.1. The fourth-order valence-corrected chi connectivity index (χ4v) is 2.23. The van der Waals surface area contributed by atoms with E-state index < -0.39 is 0 Å². The number of nitrogens with zero attached hydrogens (tertiary/aromatic N) is 2. The average molecular weight is 258 g/mol. The molecule has 100 valence electrons.